The highest BCUT2D eigenvalue weighted by molar-refractivity contribution is 6.30. The molecule has 0 aliphatic rings. The third kappa shape index (κ3) is 4.36. The summed E-state index contributed by atoms with van der Waals surface area (Å²) in [4.78, 5) is 12.2. The van der Waals surface area contributed by atoms with Crippen LogP contribution in [0.3, 0.4) is 0 Å². The molecule has 1 unspecified atom stereocenters. The van der Waals surface area contributed by atoms with Crippen molar-refractivity contribution in [2.24, 2.45) is 0 Å². The van der Waals surface area contributed by atoms with Gasteiger partial charge in [0.15, 0.2) is 11.9 Å². The van der Waals surface area contributed by atoms with Crippen molar-refractivity contribution in [2.45, 2.75) is 19.6 Å². The number of rotatable bonds is 6. The Hall–Kier alpha value is -2.86. The zero-order valence-electron chi connectivity index (χ0n) is 13.6. The minimum Gasteiger partial charge on any atom is -0.481 e. The summed E-state index contributed by atoms with van der Waals surface area (Å²) in [7, 11) is 0. The summed E-state index contributed by atoms with van der Waals surface area (Å²) < 4.78 is 7.43. The van der Waals surface area contributed by atoms with Crippen LogP contribution in [-0.4, -0.2) is 26.8 Å². The first-order valence-corrected chi connectivity index (χ1v) is 8.15. The first-order chi connectivity index (χ1) is 12.1. The number of hydrogen-bond donors (Lipinski definition) is 1. The first-order valence-electron chi connectivity index (χ1n) is 7.78. The number of hydrogen-bond acceptors (Lipinski definition) is 4. The number of para-hydroxylation sites is 1. The zero-order valence-corrected chi connectivity index (χ0v) is 14.3. The van der Waals surface area contributed by atoms with Gasteiger partial charge in [0, 0.05) is 10.7 Å². The van der Waals surface area contributed by atoms with Crippen molar-refractivity contribution < 1.29 is 9.53 Å². The molecule has 0 aliphatic heterocycles. The van der Waals surface area contributed by atoms with E-state index in [1.807, 2.05) is 34.9 Å². The number of aromatic nitrogens is 3. The SMILES string of the molecule is CC(Oc1ccc(Cl)cc1)C(=O)NCc1nncn1-c1ccccc1. The van der Waals surface area contributed by atoms with Crippen molar-refractivity contribution in [2.75, 3.05) is 0 Å². The summed E-state index contributed by atoms with van der Waals surface area (Å²) in [5, 5.41) is 11.4. The first kappa shape index (κ1) is 17.0. The van der Waals surface area contributed by atoms with Gasteiger partial charge in [0.05, 0.1) is 6.54 Å². The molecule has 7 heteroatoms. The number of amides is 1. The van der Waals surface area contributed by atoms with Crippen LogP contribution in [0.5, 0.6) is 5.75 Å². The molecule has 3 rings (SSSR count). The fraction of sp³-hybridized carbons (Fsp3) is 0.167. The lowest BCUT2D eigenvalue weighted by Gasteiger charge is -2.15. The number of ether oxygens (including phenoxy) is 1. The van der Waals surface area contributed by atoms with Gasteiger partial charge in [-0.3, -0.25) is 9.36 Å². The maximum absolute atomic E-state index is 12.2. The van der Waals surface area contributed by atoms with E-state index < -0.39 is 6.10 Å². The van der Waals surface area contributed by atoms with E-state index in [0.717, 1.165) is 5.69 Å². The fourth-order valence-electron chi connectivity index (χ4n) is 2.26. The molecule has 6 nitrogen and oxygen atoms in total. The summed E-state index contributed by atoms with van der Waals surface area (Å²) in [6, 6.07) is 16.6. The van der Waals surface area contributed by atoms with E-state index in [2.05, 4.69) is 15.5 Å². The maximum atomic E-state index is 12.2. The predicted molar refractivity (Wildman–Crippen MR) is 94.7 cm³/mol. The Morgan fingerprint density at radius 1 is 1.20 bits per heavy atom. The number of halogens is 1. The van der Waals surface area contributed by atoms with Crippen LogP contribution in [0.4, 0.5) is 0 Å². The highest BCUT2D eigenvalue weighted by Crippen LogP contribution is 2.17. The van der Waals surface area contributed by atoms with Gasteiger partial charge in [0.2, 0.25) is 0 Å². The van der Waals surface area contributed by atoms with Crippen LogP contribution >= 0.6 is 11.6 Å². The molecule has 1 heterocycles. The van der Waals surface area contributed by atoms with Gasteiger partial charge in [-0.05, 0) is 43.3 Å². The molecule has 1 atom stereocenters. The molecular formula is C18H17ClN4O2. The van der Waals surface area contributed by atoms with Crippen molar-refractivity contribution >= 4 is 17.5 Å². The number of nitrogens with one attached hydrogen (secondary N) is 1. The van der Waals surface area contributed by atoms with Crippen LogP contribution in [0, 0.1) is 0 Å². The third-order valence-electron chi connectivity index (χ3n) is 3.57. The lowest BCUT2D eigenvalue weighted by atomic mass is 10.3. The van der Waals surface area contributed by atoms with Crippen molar-refractivity contribution in [3.8, 4) is 11.4 Å². The normalized spacial score (nSPS) is 11.8. The minimum absolute atomic E-state index is 0.238. The Labute approximate surface area is 150 Å². The van der Waals surface area contributed by atoms with E-state index in [0.29, 0.717) is 16.6 Å². The van der Waals surface area contributed by atoms with Crippen molar-refractivity contribution in [3.05, 3.63) is 71.8 Å². The van der Waals surface area contributed by atoms with Crippen LogP contribution in [0.1, 0.15) is 12.7 Å². The molecule has 0 spiro atoms. The van der Waals surface area contributed by atoms with Gasteiger partial charge in [-0.25, -0.2) is 0 Å². The van der Waals surface area contributed by atoms with Gasteiger partial charge < -0.3 is 10.1 Å². The molecule has 3 aromatic rings. The smallest absolute Gasteiger partial charge is 0.261 e. The molecule has 1 aromatic heterocycles. The van der Waals surface area contributed by atoms with E-state index >= 15 is 0 Å². The minimum atomic E-state index is -0.644. The fourth-order valence-corrected chi connectivity index (χ4v) is 2.39. The molecule has 0 bridgehead atoms. The van der Waals surface area contributed by atoms with Gasteiger partial charge in [-0.2, -0.15) is 0 Å². The largest absolute Gasteiger partial charge is 0.481 e. The molecule has 0 saturated carbocycles. The lowest BCUT2D eigenvalue weighted by Crippen LogP contribution is -2.36. The Bertz CT molecular complexity index is 834. The summed E-state index contributed by atoms with van der Waals surface area (Å²) in [5.74, 6) is 0.982. The average Bonchev–Trinajstić information content (AvgIpc) is 3.11. The van der Waals surface area contributed by atoms with E-state index in [4.69, 9.17) is 16.3 Å². The van der Waals surface area contributed by atoms with Gasteiger partial charge in [-0.1, -0.05) is 29.8 Å². The van der Waals surface area contributed by atoms with E-state index in [9.17, 15) is 4.79 Å². The average molecular weight is 357 g/mol. The zero-order chi connectivity index (χ0) is 17.6. The molecule has 1 N–H and O–H groups in total. The molecule has 0 radical (unpaired) electrons. The number of nitrogens with zero attached hydrogens (tertiary/aromatic N) is 3. The Balaban J connectivity index is 1.59. The molecule has 1 amide bonds. The van der Waals surface area contributed by atoms with Crippen LogP contribution in [-0.2, 0) is 11.3 Å². The predicted octanol–water partition coefficient (Wildman–Crippen LogP) is 3.00. The quantitative estimate of drug-likeness (QED) is 0.737. The lowest BCUT2D eigenvalue weighted by molar-refractivity contribution is -0.127. The highest BCUT2D eigenvalue weighted by Gasteiger charge is 2.16. The maximum Gasteiger partial charge on any atom is 0.261 e. The second-order valence-corrected chi connectivity index (χ2v) is 5.82. The molecule has 0 aliphatic carbocycles. The van der Waals surface area contributed by atoms with Crippen molar-refractivity contribution in [1.82, 2.24) is 20.1 Å². The van der Waals surface area contributed by atoms with E-state index in [1.54, 1.807) is 37.5 Å². The monoisotopic (exact) mass is 356 g/mol. The Morgan fingerprint density at radius 2 is 1.92 bits per heavy atom. The second-order valence-electron chi connectivity index (χ2n) is 5.38. The molecule has 25 heavy (non-hydrogen) atoms. The van der Waals surface area contributed by atoms with Gasteiger partial charge in [-0.15, -0.1) is 10.2 Å². The Kier molecular flexibility index (Phi) is 5.30. The van der Waals surface area contributed by atoms with Crippen LogP contribution in [0.15, 0.2) is 60.9 Å². The van der Waals surface area contributed by atoms with Crippen molar-refractivity contribution in [3.63, 3.8) is 0 Å². The highest BCUT2D eigenvalue weighted by atomic mass is 35.5. The Morgan fingerprint density at radius 3 is 2.64 bits per heavy atom. The number of carbonyl (C=O) groups is 1. The molecule has 0 saturated heterocycles. The summed E-state index contributed by atoms with van der Waals surface area (Å²) in [6.45, 7) is 1.94. The number of carbonyl (C=O) groups excluding carboxylic acids is 1. The summed E-state index contributed by atoms with van der Waals surface area (Å²) >= 11 is 5.83. The van der Waals surface area contributed by atoms with E-state index in [-0.39, 0.29) is 12.5 Å². The molecule has 2 aromatic carbocycles. The summed E-state index contributed by atoms with van der Waals surface area (Å²) in [5.41, 5.74) is 0.933. The second kappa shape index (κ2) is 7.81. The van der Waals surface area contributed by atoms with Crippen LogP contribution in [0.25, 0.3) is 5.69 Å². The third-order valence-corrected chi connectivity index (χ3v) is 3.82. The van der Waals surface area contributed by atoms with Crippen LogP contribution < -0.4 is 10.1 Å². The molecular weight excluding hydrogens is 340 g/mol. The van der Waals surface area contributed by atoms with Gasteiger partial charge in [0.25, 0.3) is 5.91 Å². The number of benzene rings is 2. The molecule has 0 fully saturated rings. The topological polar surface area (TPSA) is 69.0 Å². The van der Waals surface area contributed by atoms with Gasteiger partial charge in [0.1, 0.15) is 12.1 Å². The molecule has 128 valence electrons. The van der Waals surface area contributed by atoms with Crippen LogP contribution in [0.2, 0.25) is 5.02 Å². The summed E-state index contributed by atoms with van der Waals surface area (Å²) in [6.07, 6.45) is 0.971. The van der Waals surface area contributed by atoms with E-state index in [1.165, 1.54) is 0 Å². The van der Waals surface area contributed by atoms with Gasteiger partial charge >= 0.3 is 0 Å². The van der Waals surface area contributed by atoms with Crippen molar-refractivity contribution in [1.29, 1.82) is 0 Å². The standard InChI is InChI=1S/C18H17ClN4O2/c1-13(25-16-9-7-14(19)8-10-16)18(24)20-11-17-22-21-12-23(17)15-5-3-2-4-6-15/h2-10,12-13H,11H2,1H3,(H,20,24).